The molecule has 0 saturated heterocycles. The second-order valence-electron chi connectivity index (χ2n) is 4.60. The van der Waals surface area contributed by atoms with Gasteiger partial charge in [-0.15, -0.1) is 24.8 Å². The fourth-order valence-electron chi connectivity index (χ4n) is 1.68. The molecule has 0 aromatic heterocycles. The molecular formula is C13H31Cl2N3O. The first-order valence-corrected chi connectivity index (χ1v) is 6.84. The maximum absolute atomic E-state index is 11.4. The van der Waals surface area contributed by atoms with Crippen molar-refractivity contribution >= 4 is 30.7 Å². The predicted octanol–water partition coefficient (Wildman–Crippen LogP) is 2.20. The van der Waals surface area contributed by atoms with E-state index in [2.05, 4.69) is 24.1 Å². The average Bonchev–Trinajstić information content (AvgIpc) is 2.31. The van der Waals surface area contributed by atoms with Crippen molar-refractivity contribution in [2.45, 2.75) is 52.5 Å². The number of carbonyl (C=O) groups is 1. The minimum atomic E-state index is 0. The Bertz CT molecular complexity index is 200. The van der Waals surface area contributed by atoms with Gasteiger partial charge >= 0.3 is 0 Å². The molecule has 0 fully saturated rings. The Balaban J connectivity index is -0.00000128. The SMILES string of the molecule is CCN(CC)CCCCNC(=O)CCC(C)N.Cl.Cl. The summed E-state index contributed by atoms with van der Waals surface area (Å²) in [5, 5.41) is 2.93. The van der Waals surface area contributed by atoms with Crippen molar-refractivity contribution in [2.75, 3.05) is 26.2 Å². The quantitative estimate of drug-likeness (QED) is 0.608. The molecule has 0 aliphatic rings. The number of hydrogen-bond donors (Lipinski definition) is 2. The van der Waals surface area contributed by atoms with Gasteiger partial charge in [-0.1, -0.05) is 13.8 Å². The van der Waals surface area contributed by atoms with Gasteiger partial charge in [0.05, 0.1) is 0 Å². The standard InChI is InChI=1S/C13H29N3O.2ClH/c1-4-16(5-2)11-7-6-10-15-13(17)9-8-12(3)14;;/h12H,4-11,14H2,1-3H3,(H,15,17);2*1H. The van der Waals surface area contributed by atoms with Crippen LogP contribution in [0.3, 0.4) is 0 Å². The van der Waals surface area contributed by atoms with Gasteiger partial charge in [-0.2, -0.15) is 0 Å². The summed E-state index contributed by atoms with van der Waals surface area (Å²) >= 11 is 0. The van der Waals surface area contributed by atoms with Crippen LogP contribution in [0.4, 0.5) is 0 Å². The molecule has 118 valence electrons. The van der Waals surface area contributed by atoms with Crippen molar-refractivity contribution in [1.82, 2.24) is 10.2 Å². The van der Waals surface area contributed by atoms with Crippen molar-refractivity contribution in [2.24, 2.45) is 5.73 Å². The highest BCUT2D eigenvalue weighted by atomic mass is 35.5. The molecule has 1 amide bonds. The van der Waals surface area contributed by atoms with Gasteiger partial charge in [0, 0.05) is 19.0 Å². The largest absolute Gasteiger partial charge is 0.356 e. The lowest BCUT2D eigenvalue weighted by Gasteiger charge is -2.17. The fraction of sp³-hybridized carbons (Fsp3) is 0.923. The first kappa shape index (κ1) is 24.0. The highest BCUT2D eigenvalue weighted by Gasteiger charge is 2.03. The summed E-state index contributed by atoms with van der Waals surface area (Å²) in [6, 6.07) is 0.114. The van der Waals surface area contributed by atoms with E-state index in [1.54, 1.807) is 0 Å². The van der Waals surface area contributed by atoms with Crippen LogP contribution >= 0.6 is 24.8 Å². The predicted molar refractivity (Wildman–Crippen MR) is 87.4 cm³/mol. The van der Waals surface area contributed by atoms with Crippen molar-refractivity contribution in [3.05, 3.63) is 0 Å². The van der Waals surface area contributed by atoms with Crippen molar-refractivity contribution in [3.8, 4) is 0 Å². The van der Waals surface area contributed by atoms with Crippen LogP contribution in [0.25, 0.3) is 0 Å². The van der Waals surface area contributed by atoms with E-state index in [1.807, 2.05) is 6.92 Å². The maximum atomic E-state index is 11.4. The van der Waals surface area contributed by atoms with Crippen molar-refractivity contribution in [1.29, 1.82) is 0 Å². The van der Waals surface area contributed by atoms with Crippen LogP contribution in [0.1, 0.15) is 46.5 Å². The Morgan fingerprint density at radius 2 is 1.79 bits per heavy atom. The van der Waals surface area contributed by atoms with Gasteiger partial charge in [-0.3, -0.25) is 4.79 Å². The van der Waals surface area contributed by atoms with Crippen molar-refractivity contribution < 1.29 is 4.79 Å². The molecule has 0 heterocycles. The number of nitrogens with one attached hydrogen (secondary N) is 1. The summed E-state index contributed by atoms with van der Waals surface area (Å²) in [7, 11) is 0. The Labute approximate surface area is 130 Å². The zero-order valence-electron chi connectivity index (χ0n) is 12.5. The highest BCUT2D eigenvalue weighted by molar-refractivity contribution is 5.85. The molecule has 4 nitrogen and oxygen atoms in total. The van der Waals surface area contributed by atoms with Gasteiger partial charge < -0.3 is 16.0 Å². The number of carbonyl (C=O) groups excluding carboxylic acids is 1. The molecule has 0 radical (unpaired) electrons. The van der Waals surface area contributed by atoms with Gasteiger partial charge in [0.25, 0.3) is 0 Å². The molecule has 0 bridgehead atoms. The van der Waals surface area contributed by atoms with Crippen LogP contribution < -0.4 is 11.1 Å². The smallest absolute Gasteiger partial charge is 0.220 e. The molecule has 6 heteroatoms. The lowest BCUT2D eigenvalue weighted by atomic mass is 10.2. The van der Waals surface area contributed by atoms with E-state index in [9.17, 15) is 4.79 Å². The number of nitrogens with two attached hydrogens (primary N) is 1. The van der Waals surface area contributed by atoms with Gasteiger partial charge in [-0.25, -0.2) is 0 Å². The minimum absolute atomic E-state index is 0. The number of hydrogen-bond acceptors (Lipinski definition) is 3. The van der Waals surface area contributed by atoms with E-state index in [1.165, 1.54) is 0 Å². The number of unbranched alkanes of at least 4 members (excludes halogenated alkanes) is 1. The fourth-order valence-corrected chi connectivity index (χ4v) is 1.68. The van der Waals surface area contributed by atoms with E-state index < -0.39 is 0 Å². The van der Waals surface area contributed by atoms with Gasteiger partial charge in [0.1, 0.15) is 0 Å². The Hall–Kier alpha value is -0.0300. The maximum Gasteiger partial charge on any atom is 0.220 e. The minimum Gasteiger partial charge on any atom is -0.356 e. The van der Waals surface area contributed by atoms with Crippen LogP contribution in [0.5, 0.6) is 0 Å². The molecule has 0 aliphatic heterocycles. The normalized spacial score (nSPS) is 11.4. The lowest BCUT2D eigenvalue weighted by molar-refractivity contribution is -0.121. The number of nitrogens with zero attached hydrogens (tertiary/aromatic N) is 1. The molecule has 0 rings (SSSR count). The van der Waals surface area contributed by atoms with E-state index in [0.717, 1.165) is 45.4 Å². The molecule has 0 spiro atoms. The van der Waals surface area contributed by atoms with Gasteiger partial charge in [-0.05, 0) is 45.8 Å². The summed E-state index contributed by atoms with van der Waals surface area (Å²) < 4.78 is 0. The Morgan fingerprint density at radius 3 is 2.26 bits per heavy atom. The second kappa shape index (κ2) is 16.0. The van der Waals surface area contributed by atoms with Crippen LogP contribution in [0, 0.1) is 0 Å². The molecule has 3 N–H and O–H groups in total. The van der Waals surface area contributed by atoms with E-state index >= 15 is 0 Å². The Kier molecular flexibility index (Phi) is 20.3. The zero-order valence-corrected chi connectivity index (χ0v) is 14.1. The van der Waals surface area contributed by atoms with E-state index in [-0.39, 0.29) is 36.8 Å². The summed E-state index contributed by atoms with van der Waals surface area (Å²) in [5.74, 6) is 0.130. The summed E-state index contributed by atoms with van der Waals surface area (Å²) in [6.45, 7) is 10.4. The third-order valence-corrected chi connectivity index (χ3v) is 2.94. The van der Waals surface area contributed by atoms with Gasteiger partial charge in [0.2, 0.25) is 5.91 Å². The molecule has 1 atom stereocenters. The zero-order chi connectivity index (χ0) is 13.1. The monoisotopic (exact) mass is 315 g/mol. The molecule has 19 heavy (non-hydrogen) atoms. The summed E-state index contributed by atoms with van der Waals surface area (Å²) in [5.41, 5.74) is 5.60. The highest BCUT2D eigenvalue weighted by Crippen LogP contribution is 1.96. The Morgan fingerprint density at radius 1 is 1.21 bits per heavy atom. The third-order valence-electron chi connectivity index (χ3n) is 2.94. The molecule has 0 aliphatic carbocycles. The average molecular weight is 316 g/mol. The number of halogens is 2. The molecule has 0 aromatic carbocycles. The second-order valence-corrected chi connectivity index (χ2v) is 4.60. The summed E-state index contributed by atoms with van der Waals surface area (Å²) in [6.07, 6.45) is 3.52. The first-order chi connectivity index (χ1) is 8.10. The van der Waals surface area contributed by atoms with Crippen LogP contribution in [0.2, 0.25) is 0 Å². The van der Waals surface area contributed by atoms with E-state index in [0.29, 0.717) is 6.42 Å². The molecule has 0 aromatic rings. The van der Waals surface area contributed by atoms with Gasteiger partial charge in [0.15, 0.2) is 0 Å². The van der Waals surface area contributed by atoms with Crippen LogP contribution in [-0.4, -0.2) is 43.0 Å². The lowest BCUT2D eigenvalue weighted by Crippen LogP contribution is -2.28. The first-order valence-electron chi connectivity index (χ1n) is 6.84. The molecule has 1 unspecified atom stereocenters. The summed E-state index contributed by atoms with van der Waals surface area (Å²) in [4.78, 5) is 13.8. The number of amides is 1. The van der Waals surface area contributed by atoms with Crippen LogP contribution in [-0.2, 0) is 4.79 Å². The van der Waals surface area contributed by atoms with Crippen molar-refractivity contribution in [3.63, 3.8) is 0 Å². The van der Waals surface area contributed by atoms with E-state index in [4.69, 9.17) is 5.73 Å². The van der Waals surface area contributed by atoms with Crippen LogP contribution in [0.15, 0.2) is 0 Å². The molecular weight excluding hydrogens is 285 g/mol. The molecule has 0 saturated carbocycles. The topological polar surface area (TPSA) is 58.4 Å². The number of rotatable bonds is 10. The third kappa shape index (κ3) is 15.9.